The van der Waals surface area contributed by atoms with Gasteiger partial charge in [0.2, 0.25) is 0 Å². The topological polar surface area (TPSA) is 61.9 Å². The van der Waals surface area contributed by atoms with E-state index in [2.05, 4.69) is 10.2 Å². The van der Waals surface area contributed by atoms with E-state index >= 15 is 0 Å². The molecule has 1 fully saturated rings. The van der Waals surface area contributed by atoms with Gasteiger partial charge in [0.1, 0.15) is 0 Å². The lowest BCUT2D eigenvalue weighted by atomic mass is 9.98. The highest BCUT2D eigenvalue weighted by molar-refractivity contribution is 6.03. The number of carbonyl (C=O) groups is 2. The number of hydrogen-bond donors (Lipinski definition) is 1. The van der Waals surface area contributed by atoms with Gasteiger partial charge in [0.05, 0.1) is 13.2 Å². The van der Waals surface area contributed by atoms with E-state index in [0.29, 0.717) is 18.7 Å². The standard InChI is InChI=1S/C24H27N3O3/c28-23-7-3-4-13-27(23)20-10-8-19(9-11-20)21-5-1-2-6-22(21)24(29)25-12-14-26-15-17-30-18-16-26/h1-3,5-11H,4,12-18H2,(H,25,29). The third-order valence-electron chi connectivity index (χ3n) is 5.52. The molecule has 6 nitrogen and oxygen atoms in total. The van der Waals surface area contributed by atoms with Crippen LogP contribution in [0.15, 0.2) is 60.7 Å². The molecule has 2 aromatic rings. The highest BCUT2D eigenvalue weighted by Gasteiger charge is 2.17. The molecule has 2 heterocycles. The fourth-order valence-electron chi connectivity index (χ4n) is 3.85. The van der Waals surface area contributed by atoms with Gasteiger partial charge in [-0.3, -0.25) is 14.5 Å². The summed E-state index contributed by atoms with van der Waals surface area (Å²) in [4.78, 5) is 29.0. The first-order chi connectivity index (χ1) is 14.7. The van der Waals surface area contributed by atoms with Crippen LogP contribution in [0, 0.1) is 0 Å². The van der Waals surface area contributed by atoms with Crippen LogP contribution in [0.3, 0.4) is 0 Å². The monoisotopic (exact) mass is 405 g/mol. The van der Waals surface area contributed by atoms with Crippen LogP contribution in [-0.4, -0.2) is 62.7 Å². The van der Waals surface area contributed by atoms with Gasteiger partial charge in [-0.1, -0.05) is 36.4 Å². The molecule has 1 saturated heterocycles. The molecule has 0 atom stereocenters. The molecule has 2 aromatic carbocycles. The molecule has 0 aliphatic carbocycles. The van der Waals surface area contributed by atoms with Gasteiger partial charge in [-0.2, -0.15) is 0 Å². The van der Waals surface area contributed by atoms with Crippen LogP contribution >= 0.6 is 0 Å². The summed E-state index contributed by atoms with van der Waals surface area (Å²) in [5, 5.41) is 3.04. The van der Waals surface area contributed by atoms with E-state index < -0.39 is 0 Å². The third-order valence-corrected chi connectivity index (χ3v) is 5.52. The van der Waals surface area contributed by atoms with Crippen LogP contribution in [0.1, 0.15) is 16.8 Å². The number of hydrogen-bond acceptors (Lipinski definition) is 4. The molecular formula is C24H27N3O3. The molecule has 156 valence electrons. The zero-order valence-corrected chi connectivity index (χ0v) is 17.0. The molecule has 0 bridgehead atoms. The summed E-state index contributed by atoms with van der Waals surface area (Å²) in [6, 6.07) is 15.5. The minimum Gasteiger partial charge on any atom is -0.379 e. The smallest absolute Gasteiger partial charge is 0.251 e. The van der Waals surface area contributed by atoms with E-state index in [-0.39, 0.29) is 11.8 Å². The number of morpholine rings is 1. The minimum absolute atomic E-state index is 0.00838. The molecule has 2 amide bonds. The Morgan fingerprint density at radius 2 is 1.77 bits per heavy atom. The highest BCUT2D eigenvalue weighted by atomic mass is 16.5. The number of ether oxygens (including phenoxy) is 1. The number of amides is 2. The van der Waals surface area contributed by atoms with Crippen molar-refractivity contribution in [3.8, 4) is 11.1 Å². The van der Waals surface area contributed by atoms with Crippen molar-refractivity contribution in [3.63, 3.8) is 0 Å². The van der Waals surface area contributed by atoms with Crippen molar-refractivity contribution in [2.24, 2.45) is 0 Å². The molecule has 2 aliphatic rings. The van der Waals surface area contributed by atoms with Crippen molar-refractivity contribution in [1.29, 1.82) is 0 Å². The quantitative estimate of drug-likeness (QED) is 0.803. The van der Waals surface area contributed by atoms with E-state index in [0.717, 1.165) is 56.1 Å². The maximum Gasteiger partial charge on any atom is 0.251 e. The molecule has 6 heteroatoms. The van der Waals surface area contributed by atoms with Crippen LogP contribution in [0.2, 0.25) is 0 Å². The first kappa shape index (κ1) is 20.3. The summed E-state index contributed by atoms with van der Waals surface area (Å²) in [5.74, 6) is -0.0617. The van der Waals surface area contributed by atoms with Gasteiger partial charge >= 0.3 is 0 Å². The Hall–Kier alpha value is -2.96. The SMILES string of the molecule is O=C(NCCN1CCOCC1)c1ccccc1-c1ccc(N2CCC=CC2=O)cc1. The van der Waals surface area contributed by atoms with E-state index in [9.17, 15) is 9.59 Å². The Bertz CT molecular complexity index is 918. The van der Waals surface area contributed by atoms with Gasteiger partial charge in [-0.25, -0.2) is 0 Å². The molecule has 0 unspecified atom stereocenters. The summed E-state index contributed by atoms with van der Waals surface area (Å²) in [7, 11) is 0. The first-order valence-corrected chi connectivity index (χ1v) is 10.5. The van der Waals surface area contributed by atoms with Crippen molar-refractivity contribution in [2.45, 2.75) is 6.42 Å². The lowest BCUT2D eigenvalue weighted by Crippen LogP contribution is -2.41. The van der Waals surface area contributed by atoms with Crippen molar-refractivity contribution in [1.82, 2.24) is 10.2 Å². The molecule has 1 N–H and O–H groups in total. The van der Waals surface area contributed by atoms with Crippen LogP contribution in [0.5, 0.6) is 0 Å². The fraction of sp³-hybridized carbons (Fsp3) is 0.333. The van der Waals surface area contributed by atoms with Crippen LogP contribution in [-0.2, 0) is 9.53 Å². The first-order valence-electron chi connectivity index (χ1n) is 10.5. The fourth-order valence-corrected chi connectivity index (χ4v) is 3.85. The van der Waals surface area contributed by atoms with Crippen LogP contribution in [0.4, 0.5) is 5.69 Å². The Labute approximate surface area is 177 Å². The number of rotatable bonds is 6. The zero-order chi connectivity index (χ0) is 20.8. The van der Waals surface area contributed by atoms with Crippen molar-refractivity contribution in [2.75, 3.05) is 50.8 Å². The molecule has 0 aromatic heterocycles. The molecule has 0 spiro atoms. The second-order valence-electron chi connectivity index (χ2n) is 7.48. The maximum absolute atomic E-state index is 12.8. The molecule has 0 radical (unpaired) electrons. The lowest BCUT2D eigenvalue weighted by Gasteiger charge is -2.26. The van der Waals surface area contributed by atoms with Crippen LogP contribution in [0.25, 0.3) is 11.1 Å². The van der Waals surface area contributed by atoms with Gasteiger partial charge in [-0.05, 0) is 41.8 Å². The molecule has 30 heavy (non-hydrogen) atoms. The number of benzene rings is 2. The lowest BCUT2D eigenvalue weighted by molar-refractivity contribution is -0.114. The van der Waals surface area contributed by atoms with Crippen molar-refractivity contribution >= 4 is 17.5 Å². The van der Waals surface area contributed by atoms with E-state index in [4.69, 9.17) is 4.74 Å². The summed E-state index contributed by atoms with van der Waals surface area (Å²) in [6.45, 7) is 5.46. The Kier molecular flexibility index (Phi) is 6.57. The summed E-state index contributed by atoms with van der Waals surface area (Å²) in [6.07, 6.45) is 4.38. The van der Waals surface area contributed by atoms with E-state index in [1.54, 1.807) is 11.0 Å². The number of nitrogens with one attached hydrogen (secondary N) is 1. The third kappa shape index (κ3) is 4.78. The zero-order valence-electron chi connectivity index (χ0n) is 17.0. The minimum atomic E-state index is -0.0701. The normalized spacial score (nSPS) is 17.2. The molecule has 2 aliphatic heterocycles. The Morgan fingerprint density at radius 1 is 1.00 bits per heavy atom. The largest absolute Gasteiger partial charge is 0.379 e. The Balaban J connectivity index is 1.44. The van der Waals surface area contributed by atoms with Gasteiger partial charge in [0.15, 0.2) is 0 Å². The van der Waals surface area contributed by atoms with Crippen LogP contribution < -0.4 is 10.2 Å². The summed E-state index contributed by atoms with van der Waals surface area (Å²) in [5.41, 5.74) is 3.38. The van der Waals surface area contributed by atoms with Gasteiger partial charge in [-0.15, -0.1) is 0 Å². The molecular weight excluding hydrogens is 378 g/mol. The number of anilines is 1. The maximum atomic E-state index is 12.8. The summed E-state index contributed by atoms with van der Waals surface area (Å²) >= 11 is 0. The molecule has 4 rings (SSSR count). The second kappa shape index (κ2) is 9.69. The number of nitrogens with zero attached hydrogens (tertiary/aromatic N) is 2. The second-order valence-corrected chi connectivity index (χ2v) is 7.48. The highest BCUT2D eigenvalue weighted by Crippen LogP contribution is 2.27. The Morgan fingerprint density at radius 3 is 2.53 bits per heavy atom. The van der Waals surface area contributed by atoms with E-state index in [1.165, 1.54) is 0 Å². The predicted molar refractivity (Wildman–Crippen MR) is 118 cm³/mol. The summed E-state index contributed by atoms with van der Waals surface area (Å²) < 4.78 is 5.36. The van der Waals surface area contributed by atoms with Gasteiger partial charge in [0.25, 0.3) is 11.8 Å². The van der Waals surface area contributed by atoms with Gasteiger partial charge in [0, 0.05) is 44.0 Å². The average Bonchev–Trinajstić information content (AvgIpc) is 2.80. The number of carbonyl (C=O) groups excluding carboxylic acids is 2. The van der Waals surface area contributed by atoms with Crippen molar-refractivity contribution in [3.05, 3.63) is 66.2 Å². The molecule has 0 saturated carbocycles. The van der Waals surface area contributed by atoms with E-state index in [1.807, 2.05) is 54.6 Å². The predicted octanol–water partition coefficient (Wildman–Crippen LogP) is 2.71. The van der Waals surface area contributed by atoms with Gasteiger partial charge < -0.3 is 15.0 Å². The van der Waals surface area contributed by atoms with Crippen molar-refractivity contribution < 1.29 is 14.3 Å². The average molecular weight is 405 g/mol.